The van der Waals surface area contributed by atoms with Crippen LogP contribution in [0.4, 0.5) is 0 Å². The van der Waals surface area contributed by atoms with Gasteiger partial charge in [0.1, 0.15) is 17.1 Å². The molecule has 1 aromatic carbocycles. The van der Waals surface area contributed by atoms with Crippen molar-refractivity contribution in [3.8, 4) is 11.4 Å². The second kappa shape index (κ2) is 4.73. The summed E-state index contributed by atoms with van der Waals surface area (Å²) in [5.74, 6) is 0.645. The minimum atomic E-state index is -0.144. The number of ether oxygens (including phenoxy) is 1. The molecule has 90 valence electrons. The molecule has 0 aliphatic heterocycles. The van der Waals surface area contributed by atoms with Crippen LogP contribution in [0.3, 0.4) is 0 Å². The van der Waals surface area contributed by atoms with Crippen molar-refractivity contribution >= 4 is 11.6 Å². The van der Waals surface area contributed by atoms with Gasteiger partial charge in [0.15, 0.2) is 0 Å². The van der Waals surface area contributed by atoms with Gasteiger partial charge in [0, 0.05) is 5.02 Å². The molecule has 0 amide bonds. The summed E-state index contributed by atoms with van der Waals surface area (Å²) in [4.78, 5) is 0. The second-order valence-electron chi connectivity index (χ2n) is 3.51. The number of aliphatic hydroxyl groups is 1. The molecule has 0 aliphatic rings. The molecule has 0 saturated carbocycles. The average molecular weight is 254 g/mol. The van der Waals surface area contributed by atoms with Crippen molar-refractivity contribution < 1.29 is 9.84 Å². The first kappa shape index (κ1) is 11.9. The van der Waals surface area contributed by atoms with E-state index in [1.807, 2.05) is 6.92 Å². The van der Waals surface area contributed by atoms with Crippen LogP contribution in [-0.4, -0.2) is 27.2 Å². The first-order valence-corrected chi connectivity index (χ1v) is 5.41. The number of aliphatic hydroxyl groups excluding tert-OH is 1. The predicted molar refractivity (Wildman–Crippen MR) is 63.6 cm³/mol. The van der Waals surface area contributed by atoms with E-state index in [1.54, 1.807) is 30.0 Å². The Balaban J connectivity index is 2.58. The molecule has 0 atom stereocenters. The van der Waals surface area contributed by atoms with Gasteiger partial charge in [-0.3, -0.25) is 0 Å². The molecule has 1 aromatic heterocycles. The van der Waals surface area contributed by atoms with Gasteiger partial charge in [0.2, 0.25) is 0 Å². The van der Waals surface area contributed by atoms with Gasteiger partial charge in [-0.25, -0.2) is 4.68 Å². The second-order valence-corrected chi connectivity index (χ2v) is 3.94. The summed E-state index contributed by atoms with van der Waals surface area (Å²) in [6.45, 7) is 1.68. The van der Waals surface area contributed by atoms with E-state index in [-0.39, 0.29) is 6.61 Å². The van der Waals surface area contributed by atoms with E-state index >= 15 is 0 Å². The number of aromatic nitrogens is 3. The van der Waals surface area contributed by atoms with Gasteiger partial charge in [0.25, 0.3) is 0 Å². The molecule has 1 N–H and O–H groups in total. The number of rotatable bonds is 3. The van der Waals surface area contributed by atoms with Crippen LogP contribution < -0.4 is 4.74 Å². The Kier molecular flexibility index (Phi) is 3.31. The summed E-state index contributed by atoms with van der Waals surface area (Å²) in [7, 11) is 1.58. The summed E-state index contributed by atoms with van der Waals surface area (Å²) in [6.07, 6.45) is 0. The third-order valence-electron chi connectivity index (χ3n) is 2.51. The highest BCUT2D eigenvalue weighted by atomic mass is 35.5. The van der Waals surface area contributed by atoms with Crippen LogP contribution >= 0.6 is 11.6 Å². The summed E-state index contributed by atoms with van der Waals surface area (Å²) < 4.78 is 6.84. The zero-order chi connectivity index (χ0) is 12.4. The van der Waals surface area contributed by atoms with Gasteiger partial charge in [-0.15, -0.1) is 5.10 Å². The lowest BCUT2D eigenvalue weighted by Crippen LogP contribution is -2.02. The van der Waals surface area contributed by atoms with Gasteiger partial charge in [-0.1, -0.05) is 16.8 Å². The van der Waals surface area contributed by atoms with Gasteiger partial charge in [-0.2, -0.15) is 0 Å². The van der Waals surface area contributed by atoms with Crippen molar-refractivity contribution in [2.24, 2.45) is 0 Å². The highest BCUT2D eigenvalue weighted by Gasteiger charge is 2.13. The van der Waals surface area contributed by atoms with Crippen molar-refractivity contribution in [3.05, 3.63) is 34.6 Å². The molecule has 0 spiro atoms. The highest BCUT2D eigenvalue weighted by molar-refractivity contribution is 6.30. The molecule has 0 radical (unpaired) electrons. The smallest absolute Gasteiger partial charge is 0.144 e. The molecule has 17 heavy (non-hydrogen) atoms. The van der Waals surface area contributed by atoms with E-state index in [0.29, 0.717) is 22.2 Å². The Morgan fingerprint density at radius 2 is 2.24 bits per heavy atom. The SMILES string of the molecule is COc1ccc(Cl)cc1-n1nnc(CO)c1C. The van der Waals surface area contributed by atoms with Crippen molar-refractivity contribution in [3.63, 3.8) is 0 Å². The summed E-state index contributed by atoms with van der Waals surface area (Å²) in [5, 5.41) is 17.5. The van der Waals surface area contributed by atoms with Gasteiger partial charge < -0.3 is 9.84 Å². The monoisotopic (exact) mass is 253 g/mol. The molecule has 2 rings (SSSR count). The summed E-state index contributed by atoms with van der Waals surface area (Å²) >= 11 is 5.95. The first-order valence-electron chi connectivity index (χ1n) is 5.03. The summed E-state index contributed by atoms with van der Waals surface area (Å²) in [5.41, 5.74) is 1.99. The van der Waals surface area contributed by atoms with Crippen LogP contribution in [0.5, 0.6) is 5.75 Å². The topological polar surface area (TPSA) is 60.2 Å². The number of methoxy groups -OCH3 is 1. The van der Waals surface area contributed by atoms with Crippen LogP contribution in [0.2, 0.25) is 5.02 Å². The Morgan fingerprint density at radius 1 is 1.47 bits per heavy atom. The van der Waals surface area contributed by atoms with E-state index in [0.717, 1.165) is 5.69 Å². The molecule has 5 nitrogen and oxygen atoms in total. The lowest BCUT2D eigenvalue weighted by atomic mass is 10.2. The molecule has 0 unspecified atom stereocenters. The van der Waals surface area contributed by atoms with E-state index in [4.69, 9.17) is 21.4 Å². The molecule has 0 aliphatic carbocycles. The van der Waals surface area contributed by atoms with Crippen molar-refractivity contribution in [1.29, 1.82) is 0 Å². The Hall–Kier alpha value is -1.59. The average Bonchev–Trinajstić information content (AvgIpc) is 2.70. The molecular weight excluding hydrogens is 242 g/mol. The van der Waals surface area contributed by atoms with Crippen LogP contribution in [0.15, 0.2) is 18.2 Å². The lowest BCUT2D eigenvalue weighted by Gasteiger charge is -2.09. The fourth-order valence-corrected chi connectivity index (χ4v) is 1.73. The van der Waals surface area contributed by atoms with E-state index in [9.17, 15) is 0 Å². The standard InChI is InChI=1S/C11H12ClN3O2/c1-7-9(6-16)13-14-15(7)10-5-8(12)3-4-11(10)17-2/h3-5,16H,6H2,1-2H3. The summed E-state index contributed by atoms with van der Waals surface area (Å²) in [6, 6.07) is 5.24. The molecule has 0 bridgehead atoms. The quantitative estimate of drug-likeness (QED) is 0.905. The number of hydrogen-bond donors (Lipinski definition) is 1. The van der Waals surface area contributed by atoms with Gasteiger partial charge in [0.05, 0.1) is 19.4 Å². The number of benzene rings is 1. The third-order valence-corrected chi connectivity index (χ3v) is 2.74. The van der Waals surface area contributed by atoms with Gasteiger partial charge in [-0.05, 0) is 25.1 Å². The predicted octanol–water partition coefficient (Wildman–Crippen LogP) is 1.73. The lowest BCUT2D eigenvalue weighted by molar-refractivity contribution is 0.276. The Bertz CT molecular complexity index is 540. The molecule has 6 heteroatoms. The number of hydrogen-bond acceptors (Lipinski definition) is 4. The minimum absolute atomic E-state index is 0.144. The van der Waals surface area contributed by atoms with Crippen LogP contribution in [0.1, 0.15) is 11.4 Å². The third kappa shape index (κ3) is 2.11. The fourth-order valence-electron chi connectivity index (χ4n) is 1.56. The maximum Gasteiger partial charge on any atom is 0.144 e. The zero-order valence-corrected chi connectivity index (χ0v) is 10.3. The van der Waals surface area contributed by atoms with Crippen molar-refractivity contribution in [2.75, 3.05) is 7.11 Å². The molecule has 0 fully saturated rings. The van der Waals surface area contributed by atoms with Crippen LogP contribution in [0, 0.1) is 6.92 Å². The maximum atomic E-state index is 9.09. The highest BCUT2D eigenvalue weighted by Crippen LogP contribution is 2.27. The van der Waals surface area contributed by atoms with Gasteiger partial charge >= 0.3 is 0 Å². The first-order chi connectivity index (χ1) is 8.17. The Morgan fingerprint density at radius 3 is 2.82 bits per heavy atom. The van der Waals surface area contributed by atoms with Crippen molar-refractivity contribution in [1.82, 2.24) is 15.0 Å². The molecular formula is C11H12ClN3O2. The van der Waals surface area contributed by atoms with Crippen LogP contribution in [0.25, 0.3) is 5.69 Å². The fraction of sp³-hybridized carbons (Fsp3) is 0.273. The number of halogens is 1. The van der Waals surface area contributed by atoms with E-state index in [2.05, 4.69) is 10.3 Å². The van der Waals surface area contributed by atoms with E-state index < -0.39 is 0 Å². The maximum absolute atomic E-state index is 9.09. The van der Waals surface area contributed by atoms with Crippen molar-refractivity contribution in [2.45, 2.75) is 13.5 Å². The normalized spacial score (nSPS) is 10.6. The molecule has 2 aromatic rings. The minimum Gasteiger partial charge on any atom is -0.494 e. The molecule has 1 heterocycles. The van der Waals surface area contributed by atoms with E-state index in [1.165, 1.54) is 0 Å². The molecule has 0 saturated heterocycles. The zero-order valence-electron chi connectivity index (χ0n) is 9.51. The largest absolute Gasteiger partial charge is 0.494 e. The number of nitrogens with zero attached hydrogens (tertiary/aromatic N) is 3. The Labute approximate surface area is 104 Å². The van der Waals surface area contributed by atoms with Crippen LogP contribution in [-0.2, 0) is 6.61 Å².